The van der Waals surface area contributed by atoms with E-state index in [4.69, 9.17) is 10.5 Å². The number of morpholine rings is 1. The fourth-order valence-electron chi connectivity index (χ4n) is 2.31. The molecule has 6 heteroatoms. The third-order valence-corrected chi connectivity index (χ3v) is 4.00. The van der Waals surface area contributed by atoms with Crippen molar-refractivity contribution in [3.63, 3.8) is 0 Å². The van der Waals surface area contributed by atoms with Gasteiger partial charge in [-0.05, 0) is 34.1 Å². The smallest absolute Gasteiger partial charge is 0.248 e. The van der Waals surface area contributed by atoms with Gasteiger partial charge in [-0.1, -0.05) is 12.1 Å². The molecule has 2 N–H and O–H groups in total. The number of carbonyl (C=O) groups is 1. The highest BCUT2D eigenvalue weighted by Gasteiger charge is 2.25. The number of ether oxygens (including phenoxy) is 1. The van der Waals surface area contributed by atoms with Gasteiger partial charge in [-0.15, -0.1) is 0 Å². The fourth-order valence-corrected chi connectivity index (χ4v) is 2.78. The predicted octanol–water partition coefficient (Wildman–Crippen LogP) is 1.69. The van der Waals surface area contributed by atoms with Crippen molar-refractivity contribution in [1.82, 2.24) is 4.98 Å². The third kappa shape index (κ3) is 2.48. The van der Waals surface area contributed by atoms with Gasteiger partial charge in [0, 0.05) is 16.4 Å². The minimum atomic E-state index is -0.569. The van der Waals surface area contributed by atoms with Crippen molar-refractivity contribution in [3.8, 4) is 0 Å². The minimum Gasteiger partial charge on any atom is -0.367 e. The van der Waals surface area contributed by atoms with Crippen LogP contribution < -0.4 is 10.6 Å². The van der Waals surface area contributed by atoms with E-state index in [1.807, 2.05) is 35.2 Å². The molecule has 2 aromatic rings. The van der Waals surface area contributed by atoms with Gasteiger partial charge in [0.2, 0.25) is 5.91 Å². The maximum Gasteiger partial charge on any atom is 0.248 e. The molecule has 0 bridgehead atoms. The molecule has 1 aliphatic heterocycles. The van der Waals surface area contributed by atoms with Crippen LogP contribution in [0.15, 0.2) is 34.8 Å². The van der Waals surface area contributed by atoms with Crippen molar-refractivity contribution < 1.29 is 9.53 Å². The number of primary amides is 1. The molecule has 1 aromatic heterocycles. The number of pyridine rings is 1. The molecule has 1 fully saturated rings. The summed E-state index contributed by atoms with van der Waals surface area (Å²) in [5.41, 5.74) is 6.21. The Labute approximate surface area is 124 Å². The Morgan fingerprint density at radius 3 is 3.05 bits per heavy atom. The van der Waals surface area contributed by atoms with Gasteiger partial charge in [-0.25, -0.2) is 4.98 Å². The molecule has 1 aliphatic rings. The second kappa shape index (κ2) is 5.38. The highest BCUT2D eigenvalue weighted by atomic mass is 79.9. The number of aromatic nitrogens is 1. The van der Waals surface area contributed by atoms with Crippen LogP contribution in [0.4, 0.5) is 5.82 Å². The molecule has 2 heterocycles. The predicted molar refractivity (Wildman–Crippen MR) is 80.6 cm³/mol. The molecule has 1 amide bonds. The number of hydrogen-bond donors (Lipinski definition) is 1. The van der Waals surface area contributed by atoms with E-state index in [0.717, 1.165) is 21.2 Å². The van der Waals surface area contributed by atoms with Gasteiger partial charge in [-0.3, -0.25) is 4.79 Å². The molecule has 20 heavy (non-hydrogen) atoms. The van der Waals surface area contributed by atoms with Crippen molar-refractivity contribution in [1.29, 1.82) is 0 Å². The van der Waals surface area contributed by atoms with Crippen molar-refractivity contribution in [2.45, 2.75) is 6.10 Å². The van der Waals surface area contributed by atoms with Crippen molar-refractivity contribution >= 4 is 38.6 Å². The van der Waals surface area contributed by atoms with Crippen LogP contribution in [0, 0.1) is 0 Å². The van der Waals surface area contributed by atoms with Crippen LogP contribution in [-0.2, 0) is 9.53 Å². The van der Waals surface area contributed by atoms with Gasteiger partial charge in [0.05, 0.1) is 18.7 Å². The fraction of sp³-hybridized carbons (Fsp3) is 0.286. The molecule has 1 aromatic carbocycles. The lowest BCUT2D eigenvalue weighted by atomic mass is 10.2. The highest BCUT2D eigenvalue weighted by molar-refractivity contribution is 9.10. The summed E-state index contributed by atoms with van der Waals surface area (Å²) >= 11 is 3.51. The normalized spacial score (nSPS) is 19.2. The van der Waals surface area contributed by atoms with Gasteiger partial charge < -0.3 is 15.4 Å². The van der Waals surface area contributed by atoms with E-state index in [1.165, 1.54) is 0 Å². The van der Waals surface area contributed by atoms with E-state index < -0.39 is 12.0 Å². The molecule has 0 saturated carbocycles. The van der Waals surface area contributed by atoms with E-state index >= 15 is 0 Å². The van der Waals surface area contributed by atoms with Crippen molar-refractivity contribution in [2.75, 3.05) is 24.6 Å². The summed E-state index contributed by atoms with van der Waals surface area (Å²) in [5, 5.41) is 1.07. The zero-order valence-electron chi connectivity index (χ0n) is 10.8. The Morgan fingerprint density at radius 2 is 2.25 bits per heavy atom. The number of nitrogens with two attached hydrogens (primary N) is 1. The zero-order chi connectivity index (χ0) is 14.1. The summed E-state index contributed by atoms with van der Waals surface area (Å²) in [4.78, 5) is 17.9. The first kappa shape index (κ1) is 13.3. The molecule has 3 rings (SSSR count). The average molecular weight is 336 g/mol. The number of halogens is 1. The van der Waals surface area contributed by atoms with Crippen LogP contribution in [0.2, 0.25) is 0 Å². The number of amides is 1. The van der Waals surface area contributed by atoms with Gasteiger partial charge in [0.1, 0.15) is 5.82 Å². The number of rotatable bonds is 2. The number of para-hydroxylation sites is 1. The van der Waals surface area contributed by atoms with Crippen LogP contribution in [0.3, 0.4) is 0 Å². The lowest BCUT2D eigenvalue weighted by Gasteiger charge is -2.32. The first-order chi connectivity index (χ1) is 9.65. The van der Waals surface area contributed by atoms with Crippen LogP contribution >= 0.6 is 15.9 Å². The molecule has 1 saturated heterocycles. The lowest BCUT2D eigenvalue weighted by molar-refractivity contribution is -0.130. The summed E-state index contributed by atoms with van der Waals surface area (Å²) in [5.74, 6) is 0.399. The van der Waals surface area contributed by atoms with Gasteiger partial charge in [-0.2, -0.15) is 0 Å². The molecule has 104 valence electrons. The number of benzene rings is 1. The Balaban J connectivity index is 1.93. The molecule has 0 spiro atoms. The summed E-state index contributed by atoms with van der Waals surface area (Å²) in [6, 6.07) is 9.94. The first-order valence-electron chi connectivity index (χ1n) is 6.36. The average Bonchev–Trinajstić information content (AvgIpc) is 2.47. The number of carbonyl (C=O) groups excluding carboxylic acids is 1. The Hall–Kier alpha value is -1.66. The van der Waals surface area contributed by atoms with Crippen molar-refractivity contribution in [3.05, 3.63) is 34.8 Å². The third-order valence-electron chi connectivity index (χ3n) is 3.36. The van der Waals surface area contributed by atoms with Crippen molar-refractivity contribution in [2.24, 2.45) is 5.73 Å². The lowest BCUT2D eigenvalue weighted by Crippen LogP contribution is -2.48. The molecular weight excluding hydrogens is 322 g/mol. The van der Waals surface area contributed by atoms with E-state index in [-0.39, 0.29) is 0 Å². The summed E-state index contributed by atoms with van der Waals surface area (Å²) in [7, 11) is 0. The summed E-state index contributed by atoms with van der Waals surface area (Å²) in [6.45, 7) is 1.62. The van der Waals surface area contributed by atoms with E-state index in [0.29, 0.717) is 19.7 Å². The summed E-state index contributed by atoms with van der Waals surface area (Å²) in [6.07, 6.45) is -0.569. The number of hydrogen-bond acceptors (Lipinski definition) is 4. The standard InChI is InChI=1S/C14H14BrN3O2/c15-10-3-1-2-9-4-5-12(17-13(9)10)18-6-7-20-11(8-18)14(16)19/h1-5,11H,6-8H2,(H2,16,19)/t11-/m0/s1. The molecule has 0 unspecified atom stereocenters. The maximum atomic E-state index is 11.2. The SMILES string of the molecule is NC(=O)[C@@H]1CN(c2ccc3cccc(Br)c3n2)CCO1. The monoisotopic (exact) mass is 335 g/mol. The van der Waals surface area contributed by atoms with Crippen LogP contribution in [0.5, 0.6) is 0 Å². The molecule has 0 aliphatic carbocycles. The van der Waals surface area contributed by atoms with Crippen LogP contribution in [-0.4, -0.2) is 36.7 Å². The van der Waals surface area contributed by atoms with Crippen LogP contribution in [0.25, 0.3) is 10.9 Å². The molecule has 1 atom stereocenters. The number of fused-ring (bicyclic) bond motifs is 1. The number of anilines is 1. The van der Waals surface area contributed by atoms with Gasteiger partial charge >= 0.3 is 0 Å². The maximum absolute atomic E-state index is 11.2. The molecule has 5 nitrogen and oxygen atoms in total. The Kier molecular flexibility index (Phi) is 3.58. The minimum absolute atomic E-state index is 0.434. The summed E-state index contributed by atoms with van der Waals surface area (Å²) < 4.78 is 6.30. The Bertz CT molecular complexity index is 662. The largest absolute Gasteiger partial charge is 0.367 e. The van der Waals surface area contributed by atoms with E-state index in [2.05, 4.69) is 20.9 Å². The highest BCUT2D eigenvalue weighted by Crippen LogP contribution is 2.25. The van der Waals surface area contributed by atoms with E-state index in [1.54, 1.807) is 0 Å². The van der Waals surface area contributed by atoms with Gasteiger partial charge in [0.25, 0.3) is 0 Å². The van der Waals surface area contributed by atoms with Gasteiger partial charge in [0.15, 0.2) is 6.10 Å². The molecular formula is C14H14BrN3O2. The van der Waals surface area contributed by atoms with E-state index in [9.17, 15) is 4.79 Å². The first-order valence-corrected chi connectivity index (χ1v) is 7.15. The quantitative estimate of drug-likeness (QED) is 0.906. The second-order valence-electron chi connectivity index (χ2n) is 4.69. The number of nitrogens with zero attached hydrogens (tertiary/aromatic N) is 2. The topological polar surface area (TPSA) is 68.5 Å². The zero-order valence-corrected chi connectivity index (χ0v) is 12.3. The second-order valence-corrected chi connectivity index (χ2v) is 5.54. The molecule has 0 radical (unpaired) electrons. The Morgan fingerprint density at radius 1 is 1.40 bits per heavy atom. The van der Waals surface area contributed by atoms with Crippen LogP contribution in [0.1, 0.15) is 0 Å².